The van der Waals surface area contributed by atoms with Crippen molar-refractivity contribution >= 4 is 15.9 Å². The van der Waals surface area contributed by atoms with Crippen LogP contribution in [0.1, 0.15) is 25.0 Å². The van der Waals surface area contributed by atoms with Gasteiger partial charge < -0.3 is 0 Å². The third-order valence-electron chi connectivity index (χ3n) is 1.57. The van der Waals surface area contributed by atoms with Crippen LogP contribution < -0.4 is 0 Å². The summed E-state index contributed by atoms with van der Waals surface area (Å²) in [6.45, 7) is 7.85. The van der Waals surface area contributed by atoms with E-state index in [0.29, 0.717) is 0 Å². The van der Waals surface area contributed by atoms with Crippen molar-refractivity contribution in [1.82, 2.24) is 0 Å². The molecule has 0 heterocycles. The van der Waals surface area contributed by atoms with Crippen molar-refractivity contribution in [3.05, 3.63) is 33.5 Å². The third-order valence-corrected chi connectivity index (χ3v) is 2.39. The summed E-state index contributed by atoms with van der Waals surface area (Å²) in [7, 11) is 0. The minimum absolute atomic E-state index is 0.185. The highest BCUT2D eigenvalue weighted by Gasteiger charge is 1.99. The van der Waals surface area contributed by atoms with Crippen LogP contribution in [0, 0.1) is 19.7 Å². The van der Waals surface area contributed by atoms with E-state index < -0.39 is 0 Å². The van der Waals surface area contributed by atoms with Gasteiger partial charge in [0.1, 0.15) is 5.82 Å². The Morgan fingerprint density at radius 2 is 1.67 bits per heavy atom. The van der Waals surface area contributed by atoms with Gasteiger partial charge in [-0.25, -0.2) is 4.39 Å². The molecule has 0 unspecified atom stereocenters. The normalized spacial score (nSPS) is 8.83. The third kappa shape index (κ3) is 2.94. The van der Waals surface area contributed by atoms with Crippen molar-refractivity contribution in [3.63, 3.8) is 0 Å². The van der Waals surface area contributed by atoms with E-state index in [0.717, 1.165) is 15.6 Å². The van der Waals surface area contributed by atoms with Gasteiger partial charge in [0.15, 0.2) is 0 Å². The van der Waals surface area contributed by atoms with E-state index in [2.05, 4.69) is 15.9 Å². The van der Waals surface area contributed by atoms with Crippen molar-refractivity contribution < 1.29 is 4.39 Å². The van der Waals surface area contributed by atoms with E-state index in [1.165, 1.54) is 12.1 Å². The molecule has 0 saturated heterocycles. The van der Waals surface area contributed by atoms with Crippen LogP contribution in [-0.2, 0) is 0 Å². The lowest BCUT2D eigenvalue weighted by Gasteiger charge is -2.01. The fourth-order valence-electron chi connectivity index (χ4n) is 0.774. The molecule has 0 radical (unpaired) electrons. The van der Waals surface area contributed by atoms with Gasteiger partial charge in [0, 0.05) is 4.47 Å². The molecule has 0 N–H and O–H groups in total. The lowest BCUT2D eigenvalue weighted by molar-refractivity contribution is 0.625. The second-order valence-corrected chi connectivity index (χ2v) is 3.18. The molecule has 1 aromatic carbocycles. The second kappa shape index (κ2) is 5.31. The van der Waals surface area contributed by atoms with Crippen LogP contribution in [0.15, 0.2) is 16.6 Å². The van der Waals surface area contributed by atoms with Crippen LogP contribution in [0.5, 0.6) is 0 Å². The largest absolute Gasteiger partial charge is 0.207 e. The summed E-state index contributed by atoms with van der Waals surface area (Å²) in [5.41, 5.74) is 2.08. The molecule has 12 heavy (non-hydrogen) atoms. The topological polar surface area (TPSA) is 0 Å². The molecule has 1 rings (SSSR count). The quantitative estimate of drug-likeness (QED) is 0.629. The van der Waals surface area contributed by atoms with Gasteiger partial charge in [-0.15, -0.1) is 0 Å². The molecular formula is C10H14BrF. The first kappa shape index (κ1) is 11.6. The van der Waals surface area contributed by atoms with Crippen LogP contribution in [-0.4, -0.2) is 0 Å². The van der Waals surface area contributed by atoms with Crippen molar-refractivity contribution in [2.24, 2.45) is 0 Å². The van der Waals surface area contributed by atoms with Gasteiger partial charge in [-0.1, -0.05) is 29.8 Å². The number of aryl methyl sites for hydroxylation is 1. The Kier molecular flexibility index (Phi) is 5.14. The highest BCUT2D eigenvalue weighted by molar-refractivity contribution is 9.10. The Balaban J connectivity index is 0.000000561. The molecule has 0 bridgehead atoms. The molecule has 0 nitrogen and oxygen atoms in total. The lowest BCUT2D eigenvalue weighted by atomic mass is 10.1. The van der Waals surface area contributed by atoms with Crippen molar-refractivity contribution in [2.45, 2.75) is 27.7 Å². The first-order valence-corrected chi connectivity index (χ1v) is 4.83. The number of halogens is 2. The highest BCUT2D eigenvalue weighted by atomic mass is 79.9. The molecule has 68 valence electrons. The van der Waals surface area contributed by atoms with Crippen LogP contribution in [0.4, 0.5) is 4.39 Å². The minimum atomic E-state index is -0.185. The summed E-state index contributed by atoms with van der Waals surface area (Å²) in [6.07, 6.45) is 0. The molecule has 0 aliphatic carbocycles. The van der Waals surface area contributed by atoms with Gasteiger partial charge in [0.05, 0.1) is 0 Å². The fraction of sp³-hybridized carbons (Fsp3) is 0.400. The molecule has 0 fully saturated rings. The Hall–Kier alpha value is -0.370. The number of rotatable bonds is 0. The molecule has 0 saturated carbocycles. The summed E-state index contributed by atoms with van der Waals surface area (Å²) in [5.74, 6) is -0.185. The molecule has 1 aromatic rings. The Labute approximate surface area is 81.9 Å². The zero-order valence-electron chi connectivity index (χ0n) is 7.91. The van der Waals surface area contributed by atoms with Gasteiger partial charge in [-0.3, -0.25) is 0 Å². The smallest absolute Gasteiger partial charge is 0.124 e. The Morgan fingerprint density at radius 3 is 2.08 bits per heavy atom. The van der Waals surface area contributed by atoms with Crippen LogP contribution in [0.25, 0.3) is 0 Å². The maximum absolute atomic E-state index is 12.6. The Morgan fingerprint density at radius 1 is 1.17 bits per heavy atom. The van der Waals surface area contributed by atoms with Gasteiger partial charge in [0.25, 0.3) is 0 Å². The van der Waals surface area contributed by atoms with Crippen molar-refractivity contribution in [2.75, 3.05) is 0 Å². The predicted molar refractivity (Wildman–Crippen MR) is 54.9 cm³/mol. The van der Waals surface area contributed by atoms with Crippen LogP contribution in [0.3, 0.4) is 0 Å². The molecule has 0 aromatic heterocycles. The zero-order chi connectivity index (χ0) is 9.72. The summed E-state index contributed by atoms with van der Waals surface area (Å²) < 4.78 is 13.4. The minimum Gasteiger partial charge on any atom is -0.207 e. The van der Waals surface area contributed by atoms with Crippen molar-refractivity contribution in [1.29, 1.82) is 0 Å². The zero-order valence-corrected chi connectivity index (χ0v) is 9.50. The maximum Gasteiger partial charge on any atom is 0.124 e. The maximum atomic E-state index is 12.6. The molecular weight excluding hydrogens is 219 g/mol. The molecule has 0 spiro atoms. The first-order chi connectivity index (χ1) is 5.61. The molecule has 2 heteroatoms. The van der Waals surface area contributed by atoms with Crippen LogP contribution >= 0.6 is 15.9 Å². The molecule has 0 atom stereocenters. The van der Waals surface area contributed by atoms with Gasteiger partial charge in [-0.2, -0.15) is 0 Å². The molecule has 0 aliphatic heterocycles. The first-order valence-electron chi connectivity index (χ1n) is 4.03. The number of benzene rings is 1. The summed E-state index contributed by atoms with van der Waals surface area (Å²) in [4.78, 5) is 0. The summed E-state index contributed by atoms with van der Waals surface area (Å²) in [5, 5.41) is 0. The second-order valence-electron chi connectivity index (χ2n) is 2.33. The summed E-state index contributed by atoms with van der Waals surface area (Å²) in [6, 6.07) is 3.00. The highest BCUT2D eigenvalue weighted by Crippen LogP contribution is 2.20. The predicted octanol–water partition coefficient (Wildman–Crippen LogP) is 4.23. The molecule has 0 aliphatic rings. The van der Waals surface area contributed by atoms with E-state index in [-0.39, 0.29) is 5.82 Å². The fourth-order valence-corrected chi connectivity index (χ4v) is 1.31. The number of hydrogen-bond donors (Lipinski definition) is 0. The van der Waals surface area contributed by atoms with Gasteiger partial charge >= 0.3 is 0 Å². The monoisotopic (exact) mass is 232 g/mol. The van der Waals surface area contributed by atoms with Crippen molar-refractivity contribution in [3.8, 4) is 0 Å². The van der Waals surface area contributed by atoms with E-state index in [1.54, 1.807) is 0 Å². The van der Waals surface area contributed by atoms with Crippen LogP contribution in [0.2, 0.25) is 0 Å². The van der Waals surface area contributed by atoms with E-state index in [9.17, 15) is 4.39 Å². The average molecular weight is 233 g/mol. The van der Waals surface area contributed by atoms with E-state index in [1.807, 2.05) is 27.7 Å². The van der Waals surface area contributed by atoms with Gasteiger partial charge in [0.2, 0.25) is 0 Å². The Bertz CT molecular complexity index is 233. The van der Waals surface area contributed by atoms with Gasteiger partial charge in [-0.05, 0) is 37.1 Å². The molecule has 0 amide bonds. The standard InChI is InChI=1S/C8H8BrF.C2H6/c1-5-3-7(10)4-8(9)6(5)2;1-2/h3-4H,1-2H3;1-2H3. The number of hydrogen-bond acceptors (Lipinski definition) is 0. The van der Waals surface area contributed by atoms with E-state index >= 15 is 0 Å². The summed E-state index contributed by atoms with van der Waals surface area (Å²) >= 11 is 3.26. The average Bonchev–Trinajstić information content (AvgIpc) is 2.04. The lowest BCUT2D eigenvalue weighted by Crippen LogP contribution is -1.84. The SMILES string of the molecule is CC.Cc1cc(F)cc(Br)c1C. The van der Waals surface area contributed by atoms with E-state index in [4.69, 9.17) is 0 Å².